The second kappa shape index (κ2) is 4.40. The minimum atomic E-state index is 1.50. The normalized spacial score (nSPS) is 16.0. The van der Waals surface area contributed by atoms with Crippen molar-refractivity contribution >= 4 is 56.5 Å². The van der Waals surface area contributed by atoms with E-state index in [2.05, 4.69) is 0 Å². The van der Waals surface area contributed by atoms with Gasteiger partial charge in [-0.05, 0) is 0 Å². The Morgan fingerprint density at radius 3 is 0.500 bits per heavy atom. The van der Waals surface area contributed by atoms with E-state index in [-0.39, 0.29) is 0 Å². The van der Waals surface area contributed by atoms with E-state index in [1.54, 1.807) is 0 Å². The standard InChI is InChI=1S/B8H8/c1-2-4-6-8-7-5-3-1/h1-8H. The Morgan fingerprint density at radius 1 is 0.250 bits per heavy atom. The maximum atomic E-state index is 1.50. The molecule has 1 saturated heterocycles. The Bertz CT molecular complexity index is 24.0. The van der Waals surface area contributed by atoms with Crippen molar-refractivity contribution in [2.45, 2.75) is 0 Å². The van der Waals surface area contributed by atoms with Gasteiger partial charge in [0.15, 0.2) is 0 Å². The lowest BCUT2D eigenvalue weighted by Crippen LogP contribution is -2.38. The highest BCUT2D eigenvalue weighted by atomic mass is 12.8. The third kappa shape index (κ3) is 2.74. The maximum absolute atomic E-state index is 1.50. The zero-order valence-electron chi connectivity index (χ0n) is 5.66. The summed E-state index contributed by atoms with van der Waals surface area (Å²) in [4.78, 5) is 0. The van der Waals surface area contributed by atoms with Crippen molar-refractivity contribution in [1.29, 1.82) is 0 Å². The van der Waals surface area contributed by atoms with Crippen LogP contribution in [0.2, 0.25) is 0 Å². The molecule has 0 aromatic carbocycles. The van der Waals surface area contributed by atoms with Gasteiger partial charge in [-0.3, -0.25) is 0 Å². The number of hydrogen-bond donors (Lipinski definition) is 0. The highest BCUT2D eigenvalue weighted by Gasteiger charge is 2.04. The molecule has 0 atom stereocenters. The van der Waals surface area contributed by atoms with E-state index in [9.17, 15) is 0 Å². The van der Waals surface area contributed by atoms with Gasteiger partial charge in [0, 0.05) is 56.5 Å². The van der Waals surface area contributed by atoms with Gasteiger partial charge in [0.1, 0.15) is 0 Å². The lowest BCUT2D eigenvalue weighted by molar-refractivity contribution is 3.75. The molecule has 0 N–H and O–H groups in total. The highest BCUT2D eigenvalue weighted by molar-refractivity contribution is 7.76. The van der Waals surface area contributed by atoms with E-state index in [1.165, 1.54) is 56.5 Å². The summed E-state index contributed by atoms with van der Waals surface area (Å²) in [6, 6.07) is 0. The minimum Gasteiger partial charge on any atom is 0.0379 e. The molecule has 1 aliphatic rings. The molecule has 1 fully saturated rings. The van der Waals surface area contributed by atoms with Crippen molar-refractivity contribution < 1.29 is 0 Å². The summed E-state index contributed by atoms with van der Waals surface area (Å²) in [5, 5.41) is 0. The fourth-order valence-corrected chi connectivity index (χ4v) is 1.41. The highest BCUT2D eigenvalue weighted by Crippen LogP contribution is 1.62. The molecule has 32 valence electrons. The smallest absolute Gasteiger partial charge is 0.0379 e. The predicted octanol–water partition coefficient (Wildman–Crippen LogP) is -5.19. The summed E-state index contributed by atoms with van der Waals surface area (Å²) in [6.45, 7) is 0. The van der Waals surface area contributed by atoms with Gasteiger partial charge < -0.3 is 0 Å². The fourth-order valence-electron chi connectivity index (χ4n) is 1.41. The van der Waals surface area contributed by atoms with Crippen molar-refractivity contribution in [2.75, 3.05) is 0 Å². The van der Waals surface area contributed by atoms with Crippen LogP contribution in [0, 0.1) is 0 Å². The van der Waals surface area contributed by atoms with Gasteiger partial charge >= 0.3 is 0 Å². The maximum Gasteiger partial charge on any atom is 0.0379 e. The summed E-state index contributed by atoms with van der Waals surface area (Å²) >= 11 is 0. The molecule has 0 aliphatic carbocycles. The second-order valence-corrected chi connectivity index (χ2v) is 2.83. The van der Waals surface area contributed by atoms with Gasteiger partial charge in [-0.2, -0.15) is 0 Å². The molecule has 0 amide bonds. The quantitative estimate of drug-likeness (QED) is 0.263. The van der Waals surface area contributed by atoms with Crippen molar-refractivity contribution in [2.24, 2.45) is 0 Å². The first-order chi connectivity index (χ1) is 4.00. The topological polar surface area (TPSA) is 0 Å². The zero-order valence-corrected chi connectivity index (χ0v) is 5.66. The summed E-state index contributed by atoms with van der Waals surface area (Å²) in [5.41, 5.74) is 0. The van der Waals surface area contributed by atoms with Gasteiger partial charge in [0.2, 0.25) is 0 Å². The molecule has 1 aliphatic heterocycles. The van der Waals surface area contributed by atoms with Crippen molar-refractivity contribution in [3.63, 3.8) is 0 Å². The summed E-state index contributed by atoms with van der Waals surface area (Å²) in [7, 11) is 12.0. The van der Waals surface area contributed by atoms with Gasteiger partial charge in [0.05, 0.1) is 0 Å². The second-order valence-electron chi connectivity index (χ2n) is 2.83. The third-order valence-corrected chi connectivity index (χ3v) is 2.00. The Labute approximate surface area is 57.1 Å². The number of rotatable bonds is 0. The van der Waals surface area contributed by atoms with Crippen LogP contribution < -0.4 is 0 Å². The summed E-state index contributed by atoms with van der Waals surface area (Å²) in [5.74, 6) is 0. The Balaban J connectivity index is 2.00. The first-order valence-corrected chi connectivity index (χ1v) is 4.00. The lowest BCUT2D eigenvalue weighted by atomic mass is 8.81. The molecule has 8 heavy (non-hydrogen) atoms. The third-order valence-electron chi connectivity index (χ3n) is 2.00. The molecule has 0 spiro atoms. The molecule has 0 nitrogen and oxygen atoms in total. The average molecular weight is 94.6 g/mol. The van der Waals surface area contributed by atoms with Gasteiger partial charge in [-0.15, -0.1) is 0 Å². The summed E-state index contributed by atoms with van der Waals surface area (Å²) in [6.07, 6.45) is 0. The van der Waals surface area contributed by atoms with E-state index in [0.717, 1.165) is 0 Å². The van der Waals surface area contributed by atoms with E-state index in [4.69, 9.17) is 0 Å². The van der Waals surface area contributed by atoms with Crippen LogP contribution in [0.3, 0.4) is 0 Å². The first kappa shape index (κ1) is 6.64. The SMILES string of the molecule is B1BBBBBBB1. The minimum absolute atomic E-state index is 1.50. The van der Waals surface area contributed by atoms with Gasteiger partial charge in [-0.25, -0.2) is 0 Å². The van der Waals surface area contributed by atoms with Crippen LogP contribution in [0.4, 0.5) is 0 Å². The zero-order chi connectivity index (χ0) is 5.66. The molecular formula is H8B8. The molecule has 1 rings (SSSR count). The Hall–Kier alpha value is 0.519. The molecule has 0 aromatic rings. The van der Waals surface area contributed by atoms with Crippen molar-refractivity contribution in [3.05, 3.63) is 0 Å². The van der Waals surface area contributed by atoms with Crippen LogP contribution >= 0.6 is 0 Å². The van der Waals surface area contributed by atoms with Gasteiger partial charge in [-0.1, -0.05) is 0 Å². The van der Waals surface area contributed by atoms with Crippen molar-refractivity contribution in [1.82, 2.24) is 0 Å². The average Bonchev–Trinajstić information content (AvgIpc) is 1.62. The molecule has 0 unspecified atom stereocenters. The molecule has 1 heterocycles. The lowest BCUT2D eigenvalue weighted by Gasteiger charge is -1.96. The van der Waals surface area contributed by atoms with E-state index in [0.29, 0.717) is 0 Å². The van der Waals surface area contributed by atoms with E-state index < -0.39 is 0 Å². The molecule has 0 bridgehead atoms. The largest absolute Gasteiger partial charge is 0.0379 e. The monoisotopic (exact) mass is 96.1 g/mol. The fraction of sp³-hybridized carbons (Fsp3) is 0. The predicted molar refractivity (Wildman–Crippen MR) is 57.2 cm³/mol. The molecule has 0 radical (unpaired) electrons. The molecule has 8 heteroatoms. The van der Waals surface area contributed by atoms with Crippen molar-refractivity contribution in [3.8, 4) is 0 Å². The van der Waals surface area contributed by atoms with E-state index in [1.807, 2.05) is 0 Å². The van der Waals surface area contributed by atoms with E-state index >= 15 is 0 Å². The van der Waals surface area contributed by atoms with Crippen LogP contribution in [0.25, 0.3) is 0 Å². The molecular weight excluding hydrogens is 86.5 g/mol. The molecule has 0 aromatic heterocycles. The Kier molecular flexibility index (Phi) is 3.65. The van der Waals surface area contributed by atoms with Crippen LogP contribution in [0.1, 0.15) is 0 Å². The van der Waals surface area contributed by atoms with Crippen LogP contribution in [-0.4, -0.2) is 56.5 Å². The van der Waals surface area contributed by atoms with Gasteiger partial charge in [0.25, 0.3) is 0 Å². The van der Waals surface area contributed by atoms with Crippen LogP contribution in [0.15, 0.2) is 0 Å². The number of hydrogen-bond acceptors (Lipinski definition) is 0. The van der Waals surface area contributed by atoms with Crippen LogP contribution in [-0.2, 0) is 0 Å². The molecule has 0 saturated carbocycles. The summed E-state index contributed by atoms with van der Waals surface area (Å²) < 4.78 is 0. The van der Waals surface area contributed by atoms with Crippen LogP contribution in [0.5, 0.6) is 0 Å². The Morgan fingerprint density at radius 2 is 0.375 bits per heavy atom. The first-order valence-electron chi connectivity index (χ1n) is 4.00.